The largest absolute Gasteiger partial charge is 0.364 e. The Morgan fingerprint density at radius 3 is 2.30 bits per heavy atom. The van der Waals surface area contributed by atoms with Gasteiger partial charge in [0.2, 0.25) is 5.91 Å². The van der Waals surface area contributed by atoms with Gasteiger partial charge in [-0.25, -0.2) is 0 Å². The number of nitrogens with one attached hydrogen (secondary N) is 1. The monoisotopic (exact) mass is 143 g/mol. The molecule has 0 heterocycles. The number of hydrogen-bond donors (Lipinski definition) is 3. The number of carbonyl (C=O) groups excluding carboxylic acids is 2. The zero-order chi connectivity index (χ0) is 8.15. The van der Waals surface area contributed by atoms with E-state index in [9.17, 15) is 9.59 Å². The standard InChI is InChI=1S/C5H9N3O2/c1-3(5(7)10)8-4(9)2-6/h1-2,6H2,(H2,7,10)(H,8,9). The lowest BCUT2D eigenvalue weighted by molar-refractivity contribution is -0.121. The Hall–Kier alpha value is -1.36. The summed E-state index contributed by atoms with van der Waals surface area (Å²) in [6.07, 6.45) is 0. The van der Waals surface area contributed by atoms with Gasteiger partial charge < -0.3 is 16.8 Å². The second kappa shape index (κ2) is 3.62. The second-order valence-corrected chi connectivity index (χ2v) is 1.60. The first kappa shape index (κ1) is 8.64. The number of hydrogen-bond acceptors (Lipinski definition) is 3. The molecule has 0 bridgehead atoms. The van der Waals surface area contributed by atoms with E-state index in [0.29, 0.717) is 0 Å². The van der Waals surface area contributed by atoms with Crippen LogP contribution < -0.4 is 16.8 Å². The smallest absolute Gasteiger partial charge is 0.264 e. The lowest BCUT2D eigenvalue weighted by atomic mass is 10.4. The van der Waals surface area contributed by atoms with E-state index >= 15 is 0 Å². The first-order valence-corrected chi connectivity index (χ1v) is 2.56. The molecule has 5 N–H and O–H groups in total. The van der Waals surface area contributed by atoms with Crippen LogP contribution >= 0.6 is 0 Å². The molecule has 0 aromatic rings. The number of primary amides is 1. The van der Waals surface area contributed by atoms with Crippen LogP contribution in [0, 0.1) is 0 Å². The van der Waals surface area contributed by atoms with Crippen molar-refractivity contribution in [2.75, 3.05) is 6.54 Å². The van der Waals surface area contributed by atoms with Crippen molar-refractivity contribution >= 4 is 11.8 Å². The summed E-state index contributed by atoms with van der Waals surface area (Å²) in [6.45, 7) is 2.99. The predicted octanol–water partition coefficient (Wildman–Crippen LogP) is -1.94. The fourth-order valence-electron chi connectivity index (χ4n) is 0.281. The van der Waals surface area contributed by atoms with Crippen molar-refractivity contribution in [3.05, 3.63) is 12.3 Å². The fourth-order valence-corrected chi connectivity index (χ4v) is 0.281. The van der Waals surface area contributed by atoms with Crippen LogP contribution in [0.3, 0.4) is 0 Å². The zero-order valence-corrected chi connectivity index (χ0v) is 5.39. The van der Waals surface area contributed by atoms with E-state index in [1.165, 1.54) is 0 Å². The van der Waals surface area contributed by atoms with Gasteiger partial charge in [-0.15, -0.1) is 0 Å². The van der Waals surface area contributed by atoms with Gasteiger partial charge in [0.05, 0.1) is 12.2 Å². The molecule has 2 amide bonds. The Labute approximate surface area is 58.1 Å². The van der Waals surface area contributed by atoms with E-state index in [4.69, 9.17) is 11.5 Å². The van der Waals surface area contributed by atoms with Crippen molar-refractivity contribution in [2.45, 2.75) is 0 Å². The number of nitrogens with two attached hydrogens (primary N) is 2. The molecule has 0 saturated heterocycles. The zero-order valence-electron chi connectivity index (χ0n) is 5.39. The minimum absolute atomic E-state index is 0.143. The highest BCUT2D eigenvalue weighted by Crippen LogP contribution is 1.78. The van der Waals surface area contributed by atoms with Gasteiger partial charge in [-0.2, -0.15) is 0 Å². The first-order chi connectivity index (χ1) is 4.57. The third-order valence-electron chi connectivity index (χ3n) is 0.773. The van der Waals surface area contributed by atoms with Crippen LogP contribution in [0.4, 0.5) is 0 Å². The SMILES string of the molecule is C=C(NC(=O)CN)C(N)=O. The normalized spacial score (nSPS) is 8.50. The summed E-state index contributed by atoms with van der Waals surface area (Å²) in [6, 6.07) is 0. The van der Waals surface area contributed by atoms with Gasteiger partial charge in [0.15, 0.2) is 0 Å². The average molecular weight is 143 g/mol. The van der Waals surface area contributed by atoms with Crippen molar-refractivity contribution < 1.29 is 9.59 Å². The van der Waals surface area contributed by atoms with Crippen LogP contribution in [-0.2, 0) is 9.59 Å². The van der Waals surface area contributed by atoms with Crippen LogP contribution in [0.5, 0.6) is 0 Å². The molecule has 0 atom stereocenters. The molecule has 0 aliphatic heterocycles. The molecule has 0 aliphatic rings. The van der Waals surface area contributed by atoms with Gasteiger partial charge >= 0.3 is 0 Å². The van der Waals surface area contributed by atoms with Crippen molar-refractivity contribution in [1.82, 2.24) is 5.32 Å². The van der Waals surface area contributed by atoms with Gasteiger partial charge in [0.25, 0.3) is 5.91 Å². The summed E-state index contributed by atoms with van der Waals surface area (Å²) in [7, 11) is 0. The lowest BCUT2D eigenvalue weighted by Gasteiger charge is -2.00. The van der Waals surface area contributed by atoms with E-state index in [0.717, 1.165) is 0 Å². The van der Waals surface area contributed by atoms with Crippen molar-refractivity contribution in [3.8, 4) is 0 Å². The van der Waals surface area contributed by atoms with Crippen molar-refractivity contribution in [2.24, 2.45) is 11.5 Å². The summed E-state index contributed by atoms with van der Waals surface area (Å²) in [4.78, 5) is 20.6. The quantitative estimate of drug-likeness (QED) is 0.401. The van der Waals surface area contributed by atoms with E-state index in [2.05, 4.69) is 11.9 Å². The summed E-state index contributed by atoms with van der Waals surface area (Å²) in [5, 5.41) is 2.10. The molecule has 10 heavy (non-hydrogen) atoms. The first-order valence-electron chi connectivity index (χ1n) is 2.56. The Balaban J connectivity index is 3.80. The van der Waals surface area contributed by atoms with E-state index in [1.807, 2.05) is 0 Å². The molecular weight excluding hydrogens is 134 g/mol. The summed E-state index contributed by atoms with van der Waals surface area (Å²) >= 11 is 0. The minimum atomic E-state index is -0.762. The van der Waals surface area contributed by atoms with Gasteiger partial charge in [0, 0.05) is 0 Å². The molecule has 0 radical (unpaired) electrons. The van der Waals surface area contributed by atoms with Crippen LogP contribution in [0.15, 0.2) is 12.3 Å². The van der Waals surface area contributed by atoms with E-state index < -0.39 is 11.8 Å². The molecule has 0 aliphatic carbocycles. The summed E-state index contributed by atoms with van der Waals surface area (Å²) in [5.41, 5.74) is 9.52. The topological polar surface area (TPSA) is 98.2 Å². The molecule has 0 rings (SSSR count). The Morgan fingerprint density at radius 2 is 2.00 bits per heavy atom. The van der Waals surface area contributed by atoms with Gasteiger partial charge in [-0.3, -0.25) is 9.59 Å². The lowest BCUT2D eigenvalue weighted by Crippen LogP contribution is -2.34. The third-order valence-corrected chi connectivity index (χ3v) is 0.773. The molecule has 0 spiro atoms. The van der Waals surface area contributed by atoms with Crippen LogP contribution in [0.25, 0.3) is 0 Å². The molecule has 0 aromatic heterocycles. The third kappa shape index (κ3) is 2.83. The highest BCUT2D eigenvalue weighted by Gasteiger charge is 2.03. The maximum atomic E-state index is 10.4. The summed E-state index contributed by atoms with van der Waals surface area (Å²) < 4.78 is 0. The maximum Gasteiger partial charge on any atom is 0.264 e. The number of amides is 2. The molecule has 56 valence electrons. The number of rotatable bonds is 3. The molecule has 0 fully saturated rings. The number of carbonyl (C=O) groups is 2. The molecular formula is C5H9N3O2. The second-order valence-electron chi connectivity index (χ2n) is 1.60. The van der Waals surface area contributed by atoms with Gasteiger partial charge in [-0.1, -0.05) is 6.58 Å². The Kier molecular flexibility index (Phi) is 3.13. The molecule has 0 unspecified atom stereocenters. The highest BCUT2D eigenvalue weighted by molar-refractivity contribution is 5.96. The van der Waals surface area contributed by atoms with Crippen molar-refractivity contribution in [1.29, 1.82) is 0 Å². The van der Waals surface area contributed by atoms with Gasteiger partial charge in [-0.05, 0) is 0 Å². The van der Waals surface area contributed by atoms with Crippen LogP contribution in [0.2, 0.25) is 0 Å². The van der Waals surface area contributed by atoms with Gasteiger partial charge in [0.1, 0.15) is 0 Å². The summed E-state index contributed by atoms with van der Waals surface area (Å²) in [5.74, 6) is -1.24. The minimum Gasteiger partial charge on any atom is -0.364 e. The molecule has 5 nitrogen and oxygen atoms in total. The maximum absolute atomic E-state index is 10.4. The van der Waals surface area contributed by atoms with Crippen LogP contribution in [-0.4, -0.2) is 18.4 Å². The fraction of sp³-hybridized carbons (Fsp3) is 0.200. The molecule has 0 saturated carbocycles. The predicted molar refractivity (Wildman–Crippen MR) is 35.5 cm³/mol. The Bertz CT molecular complexity index is 176. The van der Waals surface area contributed by atoms with Crippen LogP contribution in [0.1, 0.15) is 0 Å². The van der Waals surface area contributed by atoms with E-state index in [1.54, 1.807) is 0 Å². The van der Waals surface area contributed by atoms with E-state index in [-0.39, 0.29) is 12.2 Å². The average Bonchev–Trinajstić information content (AvgIpc) is 1.87. The molecule has 0 aromatic carbocycles. The highest BCUT2D eigenvalue weighted by atomic mass is 16.2. The Morgan fingerprint density at radius 1 is 1.50 bits per heavy atom. The van der Waals surface area contributed by atoms with Crippen molar-refractivity contribution in [3.63, 3.8) is 0 Å². The molecule has 5 heteroatoms.